The van der Waals surface area contributed by atoms with Gasteiger partial charge in [-0.1, -0.05) is 19.1 Å². The Morgan fingerprint density at radius 2 is 2.35 bits per heavy atom. The maximum atomic E-state index is 5.58. The zero-order valence-corrected chi connectivity index (χ0v) is 12.1. The number of rotatable bonds is 5. The smallest absolute Gasteiger partial charge is 0.122 e. The standard InChI is InChI=1S/C16H21N3O/c1-3-17-14(11-16-18-7-8-19(16)2)12-4-5-15-13(10-12)6-9-20-15/h4-5,7-8,10,14,17H,3,6,9,11H2,1-2H3. The van der Waals surface area contributed by atoms with Crippen molar-refractivity contribution in [3.05, 3.63) is 47.5 Å². The minimum atomic E-state index is 0.298. The number of aryl methyl sites for hydroxylation is 1. The molecular formula is C16H21N3O. The first kappa shape index (κ1) is 13.2. The Morgan fingerprint density at radius 1 is 1.45 bits per heavy atom. The summed E-state index contributed by atoms with van der Waals surface area (Å²) in [6.07, 6.45) is 5.77. The van der Waals surface area contributed by atoms with Crippen molar-refractivity contribution < 1.29 is 4.74 Å². The molecule has 3 rings (SSSR count). The highest BCUT2D eigenvalue weighted by Gasteiger charge is 2.18. The van der Waals surface area contributed by atoms with Gasteiger partial charge in [0.05, 0.1) is 6.61 Å². The van der Waals surface area contributed by atoms with Crippen LogP contribution in [0.2, 0.25) is 0 Å². The molecule has 1 aromatic carbocycles. The van der Waals surface area contributed by atoms with Gasteiger partial charge in [-0.25, -0.2) is 4.98 Å². The lowest BCUT2D eigenvalue weighted by Crippen LogP contribution is -2.24. The van der Waals surface area contributed by atoms with Gasteiger partial charge >= 0.3 is 0 Å². The number of ether oxygens (including phenoxy) is 1. The number of likely N-dealkylation sites (N-methyl/N-ethyl adjacent to an activating group) is 1. The van der Waals surface area contributed by atoms with E-state index in [1.165, 1.54) is 11.1 Å². The van der Waals surface area contributed by atoms with Crippen molar-refractivity contribution in [2.45, 2.75) is 25.8 Å². The van der Waals surface area contributed by atoms with Gasteiger partial charge in [0.25, 0.3) is 0 Å². The molecular weight excluding hydrogens is 250 g/mol. The topological polar surface area (TPSA) is 39.1 Å². The second-order valence-corrected chi connectivity index (χ2v) is 5.23. The molecule has 2 heterocycles. The van der Waals surface area contributed by atoms with Crippen LogP contribution in [0.4, 0.5) is 0 Å². The number of hydrogen-bond donors (Lipinski definition) is 1. The van der Waals surface area contributed by atoms with Crippen LogP contribution in [0.15, 0.2) is 30.6 Å². The summed E-state index contributed by atoms with van der Waals surface area (Å²) < 4.78 is 7.67. The third kappa shape index (κ3) is 2.56. The van der Waals surface area contributed by atoms with E-state index in [0.29, 0.717) is 6.04 Å². The number of aromatic nitrogens is 2. The second-order valence-electron chi connectivity index (χ2n) is 5.23. The van der Waals surface area contributed by atoms with Crippen LogP contribution in [0.5, 0.6) is 5.75 Å². The zero-order valence-electron chi connectivity index (χ0n) is 12.1. The molecule has 20 heavy (non-hydrogen) atoms. The van der Waals surface area contributed by atoms with Gasteiger partial charge in [-0.3, -0.25) is 0 Å². The lowest BCUT2D eigenvalue weighted by molar-refractivity contribution is 0.356. The summed E-state index contributed by atoms with van der Waals surface area (Å²) >= 11 is 0. The van der Waals surface area contributed by atoms with Crippen LogP contribution in [-0.2, 0) is 19.9 Å². The molecule has 1 N–H and O–H groups in total. The van der Waals surface area contributed by atoms with Crippen molar-refractivity contribution in [1.82, 2.24) is 14.9 Å². The van der Waals surface area contributed by atoms with Crippen LogP contribution in [0.1, 0.15) is 29.9 Å². The molecule has 1 aliphatic heterocycles. The zero-order chi connectivity index (χ0) is 13.9. The molecule has 0 amide bonds. The first-order valence-electron chi connectivity index (χ1n) is 7.23. The van der Waals surface area contributed by atoms with E-state index in [1.807, 2.05) is 19.4 Å². The van der Waals surface area contributed by atoms with E-state index in [9.17, 15) is 0 Å². The second kappa shape index (κ2) is 5.67. The van der Waals surface area contributed by atoms with E-state index in [1.54, 1.807) is 0 Å². The number of fused-ring (bicyclic) bond motifs is 1. The van der Waals surface area contributed by atoms with Crippen molar-refractivity contribution in [3.63, 3.8) is 0 Å². The molecule has 1 atom stereocenters. The highest BCUT2D eigenvalue weighted by molar-refractivity contribution is 5.41. The molecule has 0 spiro atoms. The Labute approximate surface area is 119 Å². The Morgan fingerprint density at radius 3 is 3.10 bits per heavy atom. The van der Waals surface area contributed by atoms with E-state index < -0.39 is 0 Å². The van der Waals surface area contributed by atoms with Crippen molar-refractivity contribution in [1.29, 1.82) is 0 Å². The van der Waals surface area contributed by atoms with Crippen molar-refractivity contribution in [2.75, 3.05) is 13.2 Å². The lowest BCUT2D eigenvalue weighted by Gasteiger charge is -2.19. The van der Waals surface area contributed by atoms with Crippen LogP contribution in [-0.4, -0.2) is 22.7 Å². The minimum absolute atomic E-state index is 0.298. The fourth-order valence-electron chi connectivity index (χ4n) is 2.75. The summed E-state index contributed by atoms with van der Waals surface area (Å²) in [5, 5.41) is 3.56. The van der Waals surface area contributed by atoms with Gasteiger partial charge < -0.3 is 14.6 Å². The Hall–Kier alpha value is -1.81. The highest BCUT2D eigenvalue weighted by Crippen LogP contribution is 2.29. The maximum absolute atomic E-state index is 5.58. The van der Waals surface area contributed by atoms with Crippen molar-refractivity contribution >= 4 is 0 Å². The molecule has 1 aromatic heterocycles. The average molecular weight is 271 g/mol. The fraction of sp³-hybridized carbons (Fsp3) is 0.438. The molecule has 4 heteroatoms. The molecule has 106 valence electrons. The molecule has 0 fully saturated rings. The molecule has 1 aliphatic rings. The molecule has 1 unspecified atom stereocenters. The van der Waals surface area contributed by atoms with E-state index in [-0.39, 0.29) is 0 Å². The summed E-state index contributed by atoms with van der Waals surface area (Å²) in [5.74, 6) is 2.15. The molecule has 0 aliphatic carbocycles. The van der Waals surface area contributed by atoms with Crippen LogP contribution in [0, 0.1) is 0 Å². The summed E-state index contributed by atoms with van der Waals surface area (Å²) in [4.78, 5) is 4.43. The van der Waals surface area contributed by atoms with Gasteiger partial charge in [0, 0.05) is 38.3 Å². The monoisotopic (exact) mass is 271 g/mol. The fourth-order valence-corrected chi connectivity index (χ4v) is 2.75. The first-order chi connectivity index (χ1) is 9.78. The van der Waals surface area contributed by atoms with Crippen LogP contribution >= 0.6 is 0 Å². The molecule has 4 nitrogen and oxygen atoms in total. The number of benzene rings is 1. The highest BCUT2D eigenvalue weighted by atomic mass is 16.5. The number of nitrogens with one attached hydrogen (secondary N) is 1. The largest absolute Gasteiger partial charge is 0.493 e. The van der Waals surface area contributed by atoms with E-state index in [0.717, 1.165) is 37.6 Å². The van der Waals surface area contributed by atoms with Gasteiger partial charge in [0.2, 0.25) is 0 Å². The summed E-state index contributed by atoms with van der Waals surface area (Å²) in [7, 11) is 2.04. The average Bonchev–Trinajstić information content (AvgIpc) is 3.06. The molecule has 0 radical (unpaired) electrons. The van der Waals surface area contributed by atoms with E-state index >= 15 is 0 Å². The van der Waals surface area contributed by atoms with Crippen LogP contribution < -0.4 is 10.1 Å². The van der Waals surface area contributed by atoms with Gasteiger partial charge in [0.1, 0.15) is 11.6 Å². The molecule has 0 saturated carbocycles. The number of nitrogens with zero attached hydrogens (tertiary/aromatic N) is 2. The molecule has 2 aromatic rings. The van der Waals surface area contributed by atoms with Gasteiger partial charge in [-0.05, 0) is 23.7 Å². The normalized spacial score (nSPS) is 14.9. The van der Waals surface area contributed by atoms with Crippen molar-refractivity contribution in [2.24, 2.45) is 7.05 Å². The number of imidazole rings is 1. The predicted molar refractivity (Wildman–Crippen MR) is 79.0 cm³/mol. The Bertz CT molecular complexity index is 591. The molecule has 0 saturated heterocycles. The maximum Gasteiger partial charge on any atom is 0.122 e. The first-order valence-corrected chi connectivity index (χ1v) is 7.23. The minimum Gasteiger partial charge on any atom is -0.493 e. The SMILES string of the molecule is CCNC(Cc1nccn1C)c1ccc2c(c1)CCO2. The third-order valence-corrected chi connectivity index (χ3v) is 3.87. The summed E-state index contributed by atoms with van der Waals surface area (Å²) in [5.41, 5.74) is 2.64. The van der Waals surface area contributed by atoms with Gasteiger partial charge in [0.15, 0.2) is 0 Å². The van der Waals surface area contributed by atoms with E-state index in [2.05, 4.69) is 40.0 Å². The van der Waals surface area contributed by atoms with Crippen LogP contribution in [0.3, 0.4) is 0 Å². The predicted octanol–water partition coefficient (Wildman–Crippen LogP) is 2.25. The Balaban J connectivity index is 1.84. The third-order valence-electron chi connectivity index (χ3n) is 3.87. The van der Waals surface area contributed by atoms with Gasteiger partial charge in [-0.15, -0.1) is 0 Å². The lowest BCUT2D eigenvalue weighted by atomic mass is 10.00. The summed E-state index contributed by atoms with van der Waals surface area (Å²) in [6, 6.07) is 6.84. The summed E-state index contributed by atoms with van der Waals surface area (Å²) in [6.45, 7) is 3.90. The van der Waals surface area contributed by atoms with Crippen LogP contribution in [0.25, 0.3) is 0 Å². The number of hydrogen-bond acceptors (Lipinski definition) is 3. The van der Waals surface area contributed by atoms with Gasteiger partial charge in [-0.2, -0.15) is 0 Å². The van der Waals surface area contributed by atoms with E-state index in [4.69, 9.17) is 4.74 Å². The quantitative estimate of drug-likeness (QED) is 0.906. The van der Waals surface area contributed by atoms with Crippen molar-refractivity contribution in [3.8, 4) is 5.75 Å². The molecule has 0 bridgehead atoms. The Kier molecular flexibility index (Phi) is 3.74.